The molecule has 0 aromatic carbocycles. The van der Waals surface area contributed by atoms with E-state index in [9.17, 15) is 4.79 Å². The maximum absolute atomic E-state index is 12.1. The quantitative estimate of drug-likeness (QED) is 0.844. The van der Waals surface area contributed by atoms with Gasteiger partial charge < -0.3 is 5.32 Å². The molecule has 122 valence electrons. The third-order valence-corrected chi connectivity index (χ3v) is 5.23. The highest BCUT2D eigenvalue weighted by molar-refractivity contribution is 7.13. The number of pyridine rings is 1. The molecule has 1 saturated carbocycles. The average molecular weight is 329 g/mol. The molecule has 2 aromatic rings. The molecule has 1 fully saturated rings. The highest BCUT2D eigenvalue weighted by atomic mass is 32.1. The first-order chi connectivity index (χ1) is 11.3. The monoisotopic (exact) mass is 329 g/mol. The minimum atomic E-state index is 0.160. The maximum atomic E-state index is 12.1. The van der Waals surface area contributed by atoms with E-state index in [1.165, 1.54) is 25.7 Å². The normalized spacial score (nSPS) is 16.0. The minimum absolute atomic E-state index is 0.160. The molecular weight excluding hydrogens is 306 g/mol. The van der Waals surface area contributed by atoms with Crippen molar-refractivity contribution in [1.82, 2.24) is 15.3 Å². The third kappa shape index (κ3) is 4.86. The van der Waals surface area contributed by atoms with Crippen molar-refractivity contribution in [2.75, 3.05) is 0 Å². The second kappa shape index (κ2) is 8.20. The van der Waals surface area contributed by atoms with Crippen molar-refractivity contribution in [2.45, 2.75) is 57.4 Å². The molecular formula is C18H23N3OS. The Bertz CT molecular complexity index is 618. The van der Waals surface area contributed by atoms with Gasteiger partial charge in [-0.3, -0.25) is 9.78 Å². The number of aryl methyl sites for hydroxylation is 1. The van der Waals surface area contributed by atoms with Crippen LogP contribution >= 0.6 is 11.3 Å². The second-order valence-electron chi connectivity index (χ2n) is 6.14. The van der Waals surface area contributed by atoms with Crippen LogP contribution in [0.2, 0.25) is 0 Å². The van der Waals surface area contributed by atoms with Crippen molar-refractivity contribution in [3.8, 4) is 10.6 Å². The van der Waals surface area contributed by atoms with E-state index in [2.05, 4.69) is 15.3 Å². The zero-order valence-corrected chi connectivity index (χ0v) is 14.1. The molecule has 3 rings (SSSR count). The summed E-state index contributed by atoms with van der Waals surface area (Å²) in [6, 6.07) is 4.30. The highest BCUT2D eigenvalue weighted by Gasteiger charge is 2.15. The maximum Gasteiger partial charge on any atom is 0.220 e. The smallest absolute Gasteiger partial charge is 0.220 e. The third-order valence-electron chi connectivity index (χ3n) is 4.29. The fourth-order valence-corrected chi connectivity index (χ4v) is 3.85. The van der Waals surface area contributed by atoms with Gasteiger partial charge in [-0.15, -0.1) is 11.3 Å². The predicted molar refractivity (Wildman–Crippen MR) is 93.3 cm³/mol. The number of carbonyl (C=O) groups excluding carboxylic acids is 1. The topological polar surface area (TPSA) is 54.9 Å². The summed E-state index contributed by atoms with van der Waals surface area (Å²) < 4.78 is 0. The van der Waals surface area contributed by atoms with Crippen LogP contribution in [-0.4, -0.2) is 21.9 Å². The van der Waals surface area contributed by atoms with Crippen LogP contribution in [0, 0.1) is 0 Å². The summed E-state index contributed by atoms with van der Waals surface area (Å²) >= 11 is 1.61. The van der Waals surface area contributed by atoms with E-state index in [1.54, 1.807) is 17.5 Å². The molecule has 0 unspecified atom stereocenters. The lowest BCUT2D eigenvalue weighted by Gasteiger charge is -2.15. The summed E-state index contributed by atoms with van der Waals surface area (Å²) in [6.07, 6.45) is 12.2. The number of hydrogen-bond acceptors (Lipinski definition) is 4. The van der Waals surface area contributed by atoms with Gasteiger partial charge in [-0.1, -0.05) is 25.7 Å². The number of rotatable bonds is 5. The first-order valence-corrected chi connectivity index (χ1v) is 9.33. The van der Waals surface area contributed by atoms with Gasteiger partial charge in [-0.2, -0.15) is 0 Å². The molecule has 2 heterocycles. The van der Waals surface area contributed by atoms with Gasteiger partial charge in [0.15, 0.2) is 0 Å². The van der Waals surface area contributed by atoms with Gasteiger partial charge in [0.25, 0.3) is 0 Å². The molecule has 0 aliphatic heterocycles. The summed E-state index contributed by atoms with van der Waals surface area (Å²) in [6.45, 7) is 0. The van der Waals surface area contributed by atoms with Crippen LogP contribution in [-0.2, 0) is 11.2 Å². The van der Waals surface area contributed by atoms with E-state index in [-0.39, 0.29) is 5.91 Å². The fourth-order valence-electron chi connectivity index (χ4n) is 3.01. The van der Waals surface area contributed by atoms with Crippen molar-refractivity contribution in [3.05, 3.63) is 35.6 Å². The molecule has 4 nitrogen and oxygen atoms in total. The SMILES string of the molecule is O=C(CCc1csc(-c2cccnc2)n1)NC1CCCCCC1. The standard InChI is InChI=1S/C18H23N3OS/c22-17(20-15-7-3-1-2-4-8-15)10-9-16-13-23-18(21-16)14-6-5-11-19-12-14/h5-6,11-13,15H,1-4,7-10H2,(H,20,22). The van der Waals surface area contributed by atoms with Gasteiger partial charge in [0, 0.05) is 35.8 Å². The molecule has 0 saturated heterocycles. The van der Waals surface area contributed by atoms with Crippen LogP contribution in [0.3, 0.4) is 0 Å². The lowest BCUT2D eigenvalue weighted by molar-refractivity contribution is -0.121. The first-order valence-electron chi connectivity index (χ1n) is 8.45. The van der Waals surface area contributed by atoms with Crippen molar-refractivity contribution >= 4 is 17.2 Å². The van der Waals surface area contributed by atoms with Crippen LogP contribution in [0.1, 0.15) is 50.6 Å². The Hall–Kier alpha value is -1.75. The minimum Gasteiger partial charge on any atom is -0.353 e. The van der Waals surface area contributed by atoms with Gasteiger partial charge in [0.05, 0.1) is 5.69 Å². The van der Waals surface area contributed by atoms with E-state index in [0.717, 1.165) is 29.1 Å². The van der Waals surface area contributed by atoms with Crippen LogP contribution in [0.15, 0.2) is 29.9 Å². The number of carbonyl (C=O) groups is 1. The van der Waals surface area contributed by atoms with Crippen LogP contribution in [0.4, 0.5) is 0 Å². The van der Waals surface area contributed by atoms with Crippen LogP contribution in [0.25, 0.3) is 10.6 Å². The van der Waals surface area contributed by atoms with E-state index < -0.39 is 0 Å². The van der Waals surface area contributed by atoms with E-state index in [0.29, 0.717) is 18.9 Å². The second-order valence-corrected chi connectivity index (χ2v) is 7.00. The van der Waals surface area contributed by atoms with Crippen molar-refractivity contribution in [2.24, 2.45) is 0 Å². The summed E-state index contributed by atoms with van der Waals surface area (Å²) in [4.78, 5) is 20.9. The first kappa shape index (κ1) is 16.1. The van der Waals surface area contributed by atoms with Gasteiger partial charge in [0.2, 0.25) is 5.91 Å². The van der Waals surface area contributed by atoms with E-state index >= 15 is 0 Å². The van der Waals surface area contributed by atoms with Crippen molar-refractivity contribution < 1.29 is 4.79 Å². The van der Waals surface area contributed by atoms with Crippen molar-refractivity contribution in [3.63, 3.8) is 0 Å². The molecule has 1 amide bonds. The Morgan fingerprint density at radius 3 is 2.83 bits per heavy atom. The molecule has 5 heteroatoms. The lowest BCUT2D eigenvalue weighted by atomic mass is 10.1. The molecule has 2 aromatic heterocycles. The van der Waals surface area contributed by atoms with E-state index in [1.807, 2.05) is 23.7 Å². The fraction of sp³-hybridized carbons (Fsp3) is 0.500. The number of hydrogen-bond donors (Lipinski definition) is 1. The van der Waals surface area contributed by atoms with E-state index in [4.69, 9.17) is 0 Å². The summed E-state index contributed by atoms with van der Waals surface area (Å²) in [5.41, 5.74) is 2.02. The van der Waals surface area contributed by atoms with Crippen molar-refractivity contribution in [1.29, 1.82) is 0 Å². The van der Waals surface area contributed by atoms with Crippen LogP contribution < -0.4 is 5.32 Å². The number of nitrogens with one attached hydrogen (secondary N) is 1. The van der Waals surface area contributed by atoms with Gasteiger partial charge in [-0.25, -0.2) is 4.98 Å². The molecule has 0 atom stereocenters. The van der Waals surface area contributed by atoms with Crippen LogP contribution in [0.5, 0.6) is 0 Å². The zero-order chi connectivity index (χ0) is 15.9. The van der Waals surface area contributed by atoms with Gasteiger partial charge in [0.1, 0.15) is 5.01 Å². The largest absolute Gasteiger partial charge is 0.353 e. The molecule has 0 spiro atoms. The number of aromatic nitrogens is 2. The molecule has 1 aliphatic rings. The Kier molecular flexibility index (Phi) is 5.75. The number of nitrogens with zero attached hydrogens (tertiary/aromatic N) is 2. The Labute approximate surface area is 141 Å². The van der Waals surface area contributed by atoms with Gasteiger partial charge in [-0.05, 0) is 31.4 Å². The molecule has 23 heavy (non-hydrogen) atoms. The molecule has 1 N–H and O–H groups in total. The molecule has 1 aliphatic carbocycles. The Morgan fingerprint density at radius 2 is 2.09 bits per heavy atom. The Morgan fingerprint density at radius 1 is 1.26 bits per heavy atom. The number of amides is 1. The summed E-state index contributed by atoms with van der Waals surface area (Å²) in [5.74, 6) is 0.160. The lowest BCUT2D eigenvalue weighted by Crippen LogP contribution is -2.34. The Balaban J connectivity index is 1.48. The van der Waals surface area contributed by atoms with Gasteiger partial charge >= 0.3 is 0 Å². The molecule has 0 radical (unpaired) electrons. The number of thiazole rings is 1. The molecule has 0 bridgehead atoms. The summed E-state index contributed by atoms with van der Waals surface area (Å²) in [7, 11) is 0. The summed E-state index contributed by atoms with van der Waals surface area (Å²) in [5, 5.41) is 6.21. The average Bonchev–Trinajstić information content (AvgIpc) is 2.91. The predicted octanol–water partition coefficient (Wildman–Crippen LogP) is 3.98. The highest BCUT2D eigenvalue weighted by Crippen LogP contribution is 2.23. The zero-order valence-electron chi connectivity index (χ0n) is 13.3.